The molecule has 1 aromatic heterocycles. The van der Waals surface area contributed by atoms with E-state index in [1.165, 1.54) is 0 Å². The molecule has 1 aliphatic rings. The van der Waals surface area contributed by atoms with E-state index < -0.39 is 0 Å². The van der Waals surface area contributed by atoms with Gasteiger partial charge in [-0.1, -0.05) is 0 Å². The first-order chi connectivity index (χ1) is 5.47. The zero-order chi connectivity index (χ0) is 7.52. The van der Waals surface area contributed by atoms with Crippen molar-refractivity contribution in [2.45, 2.75) is 6.42 Å². The summed E-state index contributed by atoms with van der Waals surface area (Å²) in [4.78, 5) is 8.02. The Morgan fingerprint density at radius 3 is 3.45 bits per heavy atom. The van der Waals surface area contributed by atoms with Crippen molar-refractivity contribution in [3.8, 4) is 0 Å². The van der Waals surface area contributed by atoms with Crippen LogP contribution in [-0.4, -0.2) is 16.5 Å². The zero-order valence-electron chi connectivity index (χ0n) is 5.96. The number of nitrogens with one attached hydrogen (secondary N) is 3. The lowest BCUT2D eigenvalue weighted by molar-refractivity contribution is 0.605. The monoisotopic (exact) mass is 151 g/mol. The van der Waals surface area contributed by atoms with Crippen molar-refractivity contribution in [1.29, 1.82) is 0 Å². The molecule has 58 valence electrons. The molecule has 3 N–H and O–H groups in total. The lowest BCUT2D eigenvalue weighted by Gasteiger charge is -2.03. The minimum atomic E-state index is 0.872. The molecular formula is C6H9N5. The Labute approximate surface area is 64.2 Å². The van der Waals surface area contributed by atoms with E-state index in [0.717, 1.165) is 24.3 Å². The minimum absolute atomic E-state index is 0.872. The maximum Gasteiger partial charge on any atom is 0.115 e. The molecule has 0 fully saturated rings. The Bertz CT molecular complexity index is 223. The third-order valence-electron chi connectivity index (χ3n) is 1.57. The minimum Gasteiger partial charge on any atom is -0.305 e. The molecule has 11 heavy (non-hydrogen) atoms. The number of anilines is 1. The van der Waals surface area contributed by atoms with Crippen LogP contribution in [0.1, 0.15) is 5.69 Å². The van der Waals surface area contributed by atoms with Crippen LogP contribution in [0.3, 0.4) is 0 Å². The second-order valence-electron chi connectivity index (χ2n) is 2.31. The predicted molar refractivity (Wildman–Crippen MR) is 40.5 cm³/mol. The summed E-state index contributed by atoms with van der Waals surface area (Å²) < 4.78 is 0. The van der Waals surface area contributed by atoms with Crippen LogP contribution in [0.4, 0.5) is 5.69 Å². The Morgan fingerprint density at radius 1 is 1.45 bits per heavy atom. The fourth-order valence-electron chi connectivity index (χ4n) is 1.01. The molecule has 0 aliphatic carbocycles. The third kappa shape index (κ3) is 1.28. The molecule has 5 heteroatoms. The highest BCUT2D eigenvalue weighted by molar-refractivity contribution is 5.44. The predicted octanol–water partition coefficient (Wildman–Crippen LogP) is -0.546. The van der Waals surface area contributed by atoms with Crippen molar-refractivity contribution in [1.82, 2.24) is 20.9 Å². The van der Waals surface area contributed by atoms with Gasteiger partial charge in [0.25, 0.3) is 0 Å². The van der Waals surface area contributed by atoms with Crippen LogP contribution in [0.15, 0.2) is 12.5 Å². The van der Waals surface area contributed by atoms with Crippen LogP contribution < -0.4 is 16.4 Å². The van der Waals surface area contributed by atoms with Crippen molar-refractivity contribution < 1.29 is 0 Å². The molecule has 2 heterocycles. The topological polar surface area (TPSA) is 61.9 Å². The molecule has 2 rings (SSSR count). The Hall–Kier alpha value is -1.20. The lowest BCUT2D eigenvalue weighted by Crippen LogP contribution is -2.35. The summed E-state index contributed by atoms with van der Waals surface area (Å²) >= 11 is 0. The number of rotatable bonds is 0. The maximum atomic E-state index is 4.13. The number of hydrazine groups is 2. The number of hydrogen-bond acceptors (Lipinski definition) is 5. The summed E-state index contributed by atoms with van der Waals surface area (Å²) in [6.07, 6.45) is 4.23. The van der Waals surface area contributed by atoms with Crippen LogP contribution >= 0.6 is 0 Å². The number of aromatic nitrogens is 2. The molecular weight excluding hydrogens is 142 g/mol. The fraction of sp³-hybridized carbons (Fsp3) is 0.333. The molecule has 1 aromatic rings. The number of hydrogen-bond donors (Lipinski definition) is 3. The second-order valence-corrected chi connectivity index (χ2v) is 2.31. The van der Waals surface area contributed by atoms with E-state index in [0.29, 0.717) is 0 Å². The highest BCUT2D eigenvalue weighted by atomic mass is 15.6. The average molecular weight is 151 g/mol. The molecule has 5 nitrogen and oxygen atoms in total. The van der Waals surface area contributed by atoms with Crippen molar-refractivity contribution in [2.75, 3.05) is 12.0 Å². The average Bonchev–Trinajstić information content (AvgIpc) is 2.28. The largest absolute Gasteiger partial charge is 0.305 e. The summed E-state index contributed by atoms with van der Waals surface area (Å²) in [6, 6.07) is 0. The summed E-state index contributed by atoms with van der Waals surface area (Å²) in [6.45, 7) is 0.872. The van der Waals surface area contributed by atoms with Gasteiger partial charge in [-0.3, -0.25) is 0 Å². The van der Waals surface area contributed by atoms with E-state index in [2.05, 4.69) is 26.4 Å². The molecule has 0 bridgehead atoms. The zero-order valence-corrected chi connectivity index (χ0v) is 5.96. The molecule has 0 atom stereocenters. The van der Waals surface area contributed by atoms with Gasteiger partial charge >= 0.3 is 0 Å². The van der Waals surface area contributed by atoms with Gasteiger partial charge in [-0.05, 0) is 0 Å². The molecule has 0 unspecified atom stereocenters. The normalized spacial score (nSPS) is 16.4. The first-order valence-corrected chi connectivity index (χ1v) is 3.49. The van der Waals surface area contributed by atoms with E-state index >= 15 is 0 Å². The molecule has 0 spiro atoms. The SMILES string of the molecule is c1ncc2c(n1)CCNNN2. The van der Waals surface area contributed by atoms with Crippen molar-refractivity contribution >= 4 is 5.69 Å². The quantitative estimate of drug-likeness (QED) is 0.464. The van der Waals surface area contributed by atoms with Gasteiger partial charge in [0, 0.05) is 13.0 Å². The van der Waals surface area contributed by atoms with Crippen LogP contribution in [0.2, 0.25) is 0 Å². The van der Waals surface area contributed by atoms with Gasteiger partial charge in [0.05, 0.1) is 17.6 Å². The number of fused-ring (bicyclic) bond motifs is 1. The first kappa shape index (κ1) is 6.51. The molecule has 0 saturated heterocycles. The van der Waals surface area contributed by atoms with Gasteiger partial charge in [-0.25, -0.2) is 15.4 Å². The molecule has 0 aromatic carbocycles. The third-order valence-corrected chi connectivity index (χ3v) is 1.57. The van der Waals surface area contributed by atoms with Crippen molar-refractivity contribution in [3.63, 3.8) is 0 Å². The van der Waals surface area contributed by atoms with Gasteiger partial charge in [0.1, 0.15) is 6.33 Å². The van der Waals surface area contributed by atoms with Crippen LogP contribution in [-0.2, 0) is 6.42 Å². The molecule has 0 amide bonds. The molecule has 1 aliphatic heterocycles. The van der Waals surface area contributed by atoms with Crippen LogP contribution in [0, 0.1) is 0 Å². The molecule has 0 saturated carbocycles. The van der Waals surface area contributed by atoms with Crippen molar-refractivity contribution in [2.24, 2.45) is 0 Å². The summed E-state index contributed by atoms with van der Waals surface area (Å²) in [5.74, 6) is 0. The number of nitrogens with zero attached hydrogens (tertiary/aromatic N) is 2. The van der Waals surface area contributed by atoms with E-state index in [1.807, 2.05) is 0 Å². The maximum absolute atomic E-state index is 4.13. The fourth-order valence-corrected chi connectivity index (χ4v) is 1.01. The van der Waals surface area contributed by atoms with Gasteiger partial charge in [-0.15, -0.1) is 0 Å². The first-order valence-electron chi connectivity index (χ1n) is 3.49. The molecule has 0 radical (unpaired) electrons. The van der Waals surface area contributed by atoms with E-state index in [-0.39, 0.29) is 0 Å². The highest BCUT2D eigenvalue weighted by Crippen LogP contribution is 2.09. The Kier molecular flexibility index (Phi) is 1.66. The van der Waals surface area contributed by atoms with Gasteiger partial charge in [0.2, 0.25) is 0 Å². The van der Waals surface area contributed by atoms with Gasteiger partial charge in [-0.2, -0.15) is 5.53 Å². The summed E-state index contributed by atoms with van der Waals surface area (Å²) in [7, 11) is 0. The van der Waals surface area contributed by atoms with Crippen LogP contribution in [0.25, 0.3) is 0 Å². The highest BCUT2D eigenvalue weighted by Gasteiger charge is 2.05. The standard InChI is InChI=1S/C6H9N5/c1-2-9-11-10-6-3-7-4-8-5(1)6/h3-4,9-11H,1-2H2. The lowest BCUT2D eigenvalue weighted by atomic mass is 10.3. The van der Waals surface area contributed by atoms with Crippen LogP contribution in [0.5, 0.6) is 0 Å². The second kappa shape index (κ2) is 2.81. The van der Waals surface area contributed by atoms with Crippen molar-refractivity contribution in [3.05, 3.63) is 18.2 Å². The summed E-state index contributed by atoms with van der Waals surface area (Å²) in [5, 5.41) is 0. The van der Waals surface area contributed by atoms with Gasteiger partial charge < -0.3 is 5.43 Å². The summed E-state index contributed by atoms with van der Waals surface area (Å²) in [5.41, 5.74) is 10.7. The van der Waals surface area contributed by atoms with E-state index in [4.69, 9.17) is 0 Å². The van der Waals surface area contributed by atoms with E-state index in [1.54, 1.807) is 12.5 Å². The Balaban J connectivity index is 2.33. The van der Waals surface area contributed by atoms with E-state index in [9.17, 15) is 0 Å². The van der Waals surface area contributed by atoms with Gasteiger partial charge in [0.15, 0.2) is 0 Å². The smallest absolute Gasteiger partial charge is 0.115 e. The Morgan fingerprint density at radius 2 is 2.45 bits per heavy atom.